The molecule has 64 valence electrons. The number of halogens is 3. The molecule has 1 aromatic rings. The van der Waals surface area contributed by atoms with E-state index in [9.17, 15) is 0 Å². The first-order valence-corrected chi connectivity index (χ1v) is 18.4. The van der Waals surface area contributed by atoms with E-state index in [0.717, 1.165) is 0 Å². The van der Waals surface area contributed by atoms with E-state index in [0.29, 0.717) is 46.0 Å². The minimum absolute atomic E-state index is 0.459. The molecule has 0 saturated carbocycles. The van der Waals surface area contributed by atoms with Gasteiger partial charge < -0.3 is 0 Å². The summed E-state index contributed by atoms with van der Waals surface area (Å²) in [5, 5.41) is 0. The van der Waals surface area contributed by atoms with E-state index >= 15 is 0 Å². The Hall–Kier alpha value is 1.02. The molecule has 3 heteroatoms. The van der Waals surface area contributed by atoms with Crippen molar-refractivity contribution in [3.8, 4) is 0 Å². The third-order valence-corrected chi connectivity index (χ3v) is 25.8. The lowest BCUT2D eigenvalue weighted by atomic mass is 10.2. The fraction of sp³-hybridized carbons (Fsp3) is 0. The van der Waals surface area contributed by atoms with Gasteiger partial charge in [-0.1, -0.05) is 30.3 Å². The quantitative estimate of drug-likeness (QED) is 0.504. The van der Waals surface area contributed by atoms with Crippen molar-refractivity contribution in [1.29, 1.82) is 0 Å². The van der Waals surface area contributed by atoms with Crippen LogP contribution in [0.4, 0.5) is 0 Å². The molecular formula is C9H7I3. The van der Waals surface area contributed by atoms with Gasteiger partial charge in [-0.2, -0.15) is 0 Å². The van der Waals surface area contributed by atoms with E-state index in [4.69, 9.17) is 0 Å². The van der Waals surface area contributed by atoms with Crippen molar-refractivity contribution in [2.75, 3.05) is 0 Å². The summed E-state index contributed by atoms with van der Waals surface area (Å²) in [6.45, 7) is 0. The lowest BCUT2D eigenvalue weighted by molar-refractivity contribution is 1.68. The Morgan fingerprint density at radius 1 is 1.00 bits per heavy atom. The van der Waals surface area contributed by atoms with Gasteiger partial charge in [0.25, 0.3) is 0 Å². The lowest BCUT2D eigenvalue weighted by Crippen LogP contribution is -1.90. The monoisotopic (exact) mass is 496 g/mol. The molecule has 12 heavy (non-hydrogen) atoms. The second-order valence-corrected chi connectivity index (χ2v) is 27.1. The largest absolute Gasteiger partial charge is 0.0622 e. The summed E-state index contributed by atoms with van der Waals surface area (Å²) in [7, 11) is 0. The number of hydrogen-bond acceptors (Lipinski definition) is 0. The Morgan fingerprint density at radius 3 is 2.50 bits per heavy atom. The van der Waals surface area contributed by atoms with Crippen LogP contribution in [0, 0.1) is 0 Å². The molecule has 2 rings (SSSR count). The van der Waals surface area contributed by atoms with E-state index in [-0.39, 0.29) is 0 Å². The van der Waals surface area contributed by atoms with Crippen LogP contribution in [0.1, 0.15) is 5.56 Å². The van der Waals surface area contributed by atoms with Gasteiger partial charge in [0, 0.05) is 3.51 Å². The maximum atomic E-state index is 2.46. The summed E-state index contributed by atoms with van der Waals surface area (Å²) in [6, 6.07) is 10.9. The van der Waals surface area contributed by atoms with E-state index < -0.39 is 0 Å². The van der Waals surface area contributed by atoms with Gasteiger partial charge in [-0.25, -0.2) is 0 Å². The molecular weight excluding hydrogens is 489 g/mol. The third kappa shape index (κ3) is 2.50. The Kier molecular flexibility index (Phi) is 4.02. The minimum atomic E-state index is 0.459. The van der Waals surface area contributed by atoms with E-state index in [1.807, 2.05) is 0 Å². The van der Waals surface area contributed by atoms with Gasteiger partial charge in [-0.15, -0.1) is 0 Å². The number of rotatable bonds is 1. The van der Waals surface area contributed by atoms with Gasteiger partial charge in [0.15, 0.2) is 0 Å². The summed E-state index contributed by atoms with van der Waals surface area (Å²) in [5.41, 5.74) is 1.48. The van der Waals surface area contributed by atoms with Crippen LogP contribution in [0.2, 0.25) is 0 Å². The molecule has 0 N–H and O–H groups in total. The molecule has 1 heterocycles. The van der Waals surface area contributed by atoms with Crippen LogP contribution in [-0.2, 0) is 0 Å². The molecule has 0 spiro atoms. The topological polar surface area (TPSA) is 0 Å². The van der Waals surface area contributed by atoms with Gasteiger partial charge in [-0.3, -0.25) is 0 Å². The van der Waals surface area contributed by atoms with Crippen molar-refractivity contribution in [1.82, 2.24) is 0 Å². The molecule has 0 radical (unpaired) electrons. The maximum absolute atomic E-state index is 2.46. The highest BCUT2D eigenvalue weighted by Crippen LogP contribution is 2.38. The van der Waals surface area contributed by atoms with E-state index in [2.05, 4.69) is 40.5 Å². The molecule has 0 nitrogen and oxygen atoms in total. The molecule has 0 fully saturated rings. The molecule has 0 saturated heterocycles. The van der Waals surface area contributed by atoms with Crippen LogP contribution in [0.5, 0.6) is 0 Å². The van der Waals surface area contributed by atoms with Gasteiger partial charge in [0.1, 0.15) is 0 Å². The van der Waals surface area contributed by atoms with Crippen molar-refractivity contribution in [3.63, 3.8) is 0 Å². The fourth-order valence-electron chi connectivity index (χ4n) is 0.900. The van der Waals surface area contributed by atoms with Crippen molar-refractivity contribution >= 4 is 49.5 Å². The average molecular weight is 496 g/mol. The highest BCUT2D eigenvalue weighted by atomic mass is 128. The maximum Gasteiger partial charge on any atom is 0.0210 e. The van der Waals surface area contributed by atoms with Crippen molar-refractivity contribution in [2.24, 2.45) is 0 Å². The molecule has 0 bridgehead atoms. The Labute approximate surface area is 93.9 Å². The predicted octanol–water partition coefficient (Wildman–Crippen LogP) is 4.48. The molecule has 0 unspecified atom stereocenters. The summed E-state index contributed by atoms with van der Waals surface area (Å²) < 4.78 is 4.13. The number of hydrogen-bond donors (Lipinski definition) is 0. The first kappa shape index (κ1) is 9.57. The van der Waals surface area contributed by atoms with E-state index in [1.165, 1.54) is 5.56 Å². The average Bonchev–Trinajstić information content (AvgIpc) is 2.21. The second-order valence-electron chi connectivity index (χ2n) is 2.21. The Morgan fingerprint density at radius 2 is 1.83 bits per heavy atom. The molecule has 1 aromatic carbocycles. The minimum Gasteiger partial charge on any atom is -0.0622 e. The third-order valence-electron chi connectivity index (χ3n) is 1.44. The summed E-state index contributed by atoms with van der Waals surface area (Å²) in [6.07, 6.45) is 2.39. The molecule has 0 atom stereocenters. The predicted molar refractivity (Wildman–Crippen MR) is 81.8 cm³/mol. The summed E-state index contributed by atoms with van der Waals surface area (Å²) >= 11 is 1.66. The fourth-order valence-corrected chi connectivity index (χ4v) is 25.3. The Balaban J connectivity index is 2.38. The van der Waals surface area contributed by atoms with Crippen LogP contribution in [0.25, 0.3) is 0 Å². The molecule has 0 aromatic heterocycles. The van der Waals surface area contributed by atoms with E-state index in [1.54, 1.807) is 3.51 Å². The van der Waals surface area contributed by atoms with Crippen LogP contribution >= 0.6 is 46.0 Å². The van der Waals surface area contributed by atoms with Crippen LogP contribution in [0.3, 0.4) is 0 Å². The van der Waals surface area contributed by atoms with Crippen molar-refractivity contribution in [3.05, 3.63) is 46.1 Å². The number of allylic oxidation sites excluding steroid dienone is 1. The van der Waals surface area contributed by atoms with Crippen LogP contribution in [-0.4, -0.2) is 3.51 Å². The van der Waals surface area contributed by atoms with Gasteiger partial charge in [0.2, 0.25) is 0 Å². The van der Waals surface area contributed by atoms with Crippen molar-refractivity contribution in [2.45, 2.75) is 0 Å². The summed E-state index contributed by atoms with van der Waals surface area (Å²) in [5.74, 6) is 0. The smallest absolute Gasteiger partial charge is 0.0210 e. The second kappa shape index (κ2) is 5.04. The Bertz CT molecular complexity index is 349. The highest BCUT2D eigenvalue weighted by Gasteiger charge is 1.97. The summed E-state index contributed by atoms with van der Waals surface area (Å²) in [4.78, 5) is 0. The van der Waals surface area contributed by atoms with Gasteiger partial charge in [0.05, 0.1) is 0 Å². The molecule has 0 aliphatic carbocycles. The first-order valence-electron chi connectivity index (χ1n) is 3.48. The normalized spacial score (nSPS) is 16.5. The zero-order valence-corrected chi connectivity index (χ0v) is 12.6. The zero-order chi connectivity index (χ0) is 8.23. The van der Waals surface area contributed by atoms with Gasteiger partial charge in [-0.05, 0) is 61.7 Å². The molecule has 1 aliphatic rings. The SMILES string of the molecule is C1=CC(c2ccccc2)=II=I1. The molecule has 0 amide bonds. The zero-order valence-electron chi connectivity index (χ0n) is 6.18. The lowest BCUT2D eigenvalue weighted by Gasteiger charge is -2.00. The van der Waals surface area contributed by atoms with Crippen molar-refractivity contribution < 1.29 is 0 Å². The highest BCUT2D eigenvalue weighted by molar-refractivity contribution is 15.3. The number of benzene rings is 1. The van der Waals surface area contributed by atoms with Crippen LogP contribution < -0.4 is 0 Å². The van der Waals surface area contributed by atoms with Gasteiger partial charge >= 0.3 is 0 Å². The molecule has 1 aliphatic heterocycles. The van der Waals surface area contributed by atoms with Crippen LogP contribution in [0.15, 0.2) is 40.5 Å². The first-order chi connectivity index (χ1) is 5.97. The standard InChI is InChI=1S/C9H7I3/c1-2-4-8(5-3-1)9-6-7-10-12-11-9/h1-7H.